The Morgan fingerprint density at radius 1 is 0.897 bits per heavy atom. The Balaban J connectivity index is 2.02. The second kappa shape index (κ2) is 13.4. The minimum atomic E-state index is -4.08. The molecule has 0 spiro atoms. The maximum atomic E-state index is 14.0. The molecule has 2 amide bonds. The Kier molecular flexibility index (Phi) is 10.3. The molecule has 0 radical (unpaired) electrons. The molecule has 0 saturated heterocycles. The van der Waals surface area contributed by atoms with E-state index in [1.54, 1.807) is 37.3 Å². The number of hydrogen-bond donors (Lipinski definition) is 1. The van der Waals surface area contributed by atoms with Crippen LogP contribution in [0.5, 0.6) is 0 Å². The molecule has 0 heterocycles. The van der Waals surface area contributed by atoms with E-state index < -0.39 is 28.5 Å². The summed E-state index contributed by atoms with van der Waals surface area (Å²) in [6.07, 6.45) is 1.77. The van der Waals surface area contributed by atoms with E-state index in [4.69, 9.17) is 0 Å². The number of hydrogen-bond acceptors (Lipinski definition) is 4. The van der Waals surface area contributed by atoms with Crippen molar-refractivity contribution >= 4 is 27.5 Å². The summed E-state index contributed by atoms with van der Waals surface area (Å²) < 4.78 is 29.0. The predicted molar refractivity (Wildman–Crippen MR) is 156 cm³/mol. The summed E-state index contributed by atoms with van der Waals surface area (Å²) in [7, 11) is -4.08. The summed E-state index contributed by atoms with van der Waals surface area (Å²) in [5, 5.41) is 2.91. The van der Waals surface area contributed by atoms with Crippen molar-refractivity contribution in [1.82, 2.24) is 10.2 Å². The normalized spacial score (nSPS) is 12.0. The van der Waals surface area contributed by atoms with Crippen molar-refractivity contribution in [1.29, 1.82) is 0 Å². The third-order valence-corrected chi connectivity index (χ3v) is 8.70. The molecule has 0 fully saturated rings. The standard InChI is InChI=1S/C31H39N3O4S/c1-6-7-20-32-31(36)26(5)33(21-27-18-16-23(2)17-19-27)30(35)22-34(29-15-11-12-24(3)25(29)4)39(37,38)28-13-9-8-10-14-28/h8-19,26H,6-7,20-22H2,1-5H3,(H,32,36)/t26-/m1/s1. The van der Waals surface area contributed by atoms with Gasteiger partial charge in [0.05, 0.1) is 10.6 Å². The van der Waals surface area contributed by atoms with Crippen molar-refractivity contribution in [2.75, 3.05) is 17.4 Å². The van der Waals surface area contributed by atoms with Gasteiger partial charge in [-0.2, -0.15) is 0 Å². The number of rotatable bonds is 12. The van der Waals surface area contributed by atoms with Gasteiger partial charge in [-0.3, -0.25) is 13.9 Å². The van der Waals surface area contributed by atoms with E-state index in [0.29, 0.717) is 12.2 Å². The smallest absolute Gasteiger partial charge is 0.264 e. The minimum Gasteiger partial charge on any atom is -0.354 e. The van der Waals surface area contributed by atoms with Crippen LogP contribution in [0.4, 0.5) is 5.69 Å². The van der Waals surface area contributed by atoms with Gasteiger partial charge in [0, 0.05) is 13.1 Å². The third kappa shape index (κ3) is 7.47. The summed E-state index contributed by atoms with van der Waals surface area (Å²) in [6.45, 7) is 9.69. The lowest BCUT2D eigenvalue weighted by Crippen LogP contribution is -2.51. The second-order valence-corrected chi connectivity index (χ2v) is 11.7. The fraction of sp³-hybridized carbons (Fsp3) is 0.355. The molecule has 1 N–H and O–H groups in total. The Labute approximate surface area is 232 Å². The zero-order valence-electron chi connectivity index (χ0n) is 23.5. The van der Waals surface area contributed by atoms with Gasteiger partial charge < -0.3 is 10.2 Å². The number of carbonyl (C=O) groups is 2. The molecular weight excluding hydrogens is 510 g/mol. The molecule has 39 heavy (non-hydrogen) atoms. The molecule has 0 aliphatic rings. The second-order valence-electron chi connectivity index (χ2n) is 9.87. The molecule has 0 unspecified atom stereocenters. The molecule has 3 rings (SSSR count). The first-order valence-corrected chi connectivity index (χ1v) is 14.8. The quantitative estimate of drug-likeness (QED) is 0.317. The minimum absolute atomic E-state index is 0.0918. The number of sulfonamides is 1. The largest absolute Gasteiger partial charge is 0.354 e. The number of nitrogens with zero attached hydrogens (tertiary/aromatic N) is 2. The lowest BCUT2D eigenvalue weighted by molar-refractivity contribution is -0.139. The highest BCUT2D eigenvalue weighted by Crippen LogP contribution is 2.29. The van der Waals surface area contributed by atoms with E-state index in [-0.39, 0.29) is 17.3 Å². The van der Waals surface area contributed by atoms with Gasteiger partial charge in [0.2, 0.25) is 11.8 Å². The topological polar surface area (TPSA) is 86.8 Å². The van der Waals surface area contributed by atoms with Gasteiger partial charge in [-0.05, 0) is 69.0 Å². The number of aryl methyl sites for hydroxylation is 2. The van der Waals surface area contributed by atoms with E-state index in [2.05, 4.69) is 5.32 Å². The first-order chi connectivity index (χ1) is 18.6. The molecule has 0 aliphatic carbocycles. The molecule has 7 nitrogen and oxygen atoms in total. The molecule has 0 saturated carbocycles. The molecular formula is C31H39N3O4S. The van der Waals surface area contributed by atoms with Gasteiger partial charge in [-0.25, -0.2) is 8.42 Å². The summed E-state index contributed by atoms with van der Waals surface area (Å²) >= 11 is 0. The summed E-state index contributed by atoms with van der Waals surface area (Å²) in [4.78, 5) is 28.6. The molecule has 208 valence electrons. The van der Waals surface area contributed by atoms with Crippen LogP contribution >= 0.6 is 0 Å². The number of unbranched alkanes of at least 4 members (excludes halogenated alkanes) is 1. The highest BCUT2D eigenvalue weighted by molar-refractivity contribution is 7.92. The van der Waals surface area contributed by atoms with E-state index in [1.807, 2.05) is 58.0 Å². The first kappa shape index (κ1) is 29.9. The fourth-order valence-electron chi connectivity index (χ4n) is 4.25. The fourth-order valence-corrected chi connectivity index (χ4v) is 5.74. The van der Waals surface area contributed by atoms with Crippen LogP contribution < -0.4 is 9.62 Å². The molecule has 0 bridgehead atoms. The molecule has 0 aliphatic heterocycles. The lowest BCUT2D eigenvalue weighted by Gasteiger charge is -2.32. The predicted octanol–water partition coefficient (Wildman–Crippen LogP) is 5.14. The van der Waals surface area contributed by atoms with Crippen LogP contribution in [0.3, 0.4) is 0 Å². The van der Waals surface area contributed by atoms with E-state index in [1.165, 1.54) is 17.0 Å². The molecule has 0 aromatic heterocycles. The zero-order valence-corrected chi connectivity index (χ0v) is 24.3. The van der Waals surface area contributed by atoms with Crippen molar-refractivity contribution in [3.05, 3.63) is 95.1 Å². The van der Waals surface area contributed by atoms with Crippen LogP contribution in [0.15, 0.2) is 77.7 Å². The van der Waals surface area contributed by atoms with Crippen LogP contribution in [0.1, 0.15) is 48.9 Å². The molecule has 8 heteroatoms. The Hall–Kier alpha value is -3.65. The van der Waals surface area contributed by atoms with Gasteiger partial charge in [-0.15, -0.1) is 0 Å². The number of anilines is 1. The van der Waals surface area contributed by atoms with Crippen molar-refractivity contribution < 1.29 is 18.0 Å². The third-order valence-electron chi connectivity index (χ3n) is 6.93. The summed E-state index contributed by atoms with van der Waals surface area (Å²) in [6, 6.07) is 20.4. The van der Waals surface area contributed by atoms with Gasteiger partial charge in [-0.1, -0.05) is 73.5 Å². The Morgan fingerprint density at radius 3 is 2.21 bits per heavy atom. The van der Waals surface area contributed by atoms with Crippen LogP contribution in [0.2, 0.25) is 0 Å². The van der Waals surface area contributed by atoms with Gasteiger partial charge in [0.15, 0.2) is 0 Å². The van der Waals surface area contributed by atoms with Crippen molar-refractivity contribution in [3.8, 4) is 0 Å². The van der Waals surface area contributed by atoms with Crippen LogP contribution in [-0.2, 0) is 26.2 Å². The maximum Gasteiger partial charge on any atom is 0.264 e. The lowest BCUT2D eigenvalue weighted by atomic mass is 10.1. The average Bonchev–Trinajstić information content (AvgIpc) is 2.93. The number of nitrogens with one attached hydrogen (secondary N) is 1. The average molecular weight is 550 g/mol. The number of benzene rings is 3. The number of carbonyl (C=O) groups excluding carboxylic acids is 2. The highest BCUT2D eigenvalue weighted by atomic mass is 32.2. The monoisotopic (exact) mass is 549 g/mol. The van der Waals surface area contributed by atoms with E-state index >= 15 is 0 Å². The Bertz CT molecular complexity index is 1370. The van der Waals surface area contributed by atoms with Crippen molar-refractivity contribution in [2.45, 2.75) is 64.9 Å². The number of amides is 2. The van der Waals surface area contributed by atoms with Crippen LogP contribution in [-0.4, -0.2) is 44.3 Å². The van der Waals surface area contributed by atoms with Gasteiger partial charge >= 0.3 is 0 Å². The summed E-state index contributed by atoms with van der Waals surface area (Å²) in [5.74, 6) is -0.734. The molecule has 3 aromatic carbocycles. The van der Waals surface area contributed by atoms with Gasteiger partial charge in [0.1, 0.15) is 12.6 Å². The van der Waals surface area contributed by atoms with Crippen molar-refractivity contribution in [3.63, 3.8) is 0 Å². The molecule has 3 aromatic rings. The van der Waals surface area contributed by atoms with Crippen molar-refractivity contribution in [2.24, 2.45) is 0 Å². The molecule has 1 atom stereocenters. The SMILES string of the molecule is CCCCNC(=O)[C@@H](C)N(Cc1ccc(C)cc1)C(=O)CN(c1cccc(C)c1C)S(=O)(=O)c1ccccc1. The van der Waals surface area contributed by atoms with Crippen LogP contribution in [0.25, 0.3) is 0 Å². The first-order valence-electron chi connectivity index (χ1n) is 13.3. The van der Waals surface area contributed by atoms with E-state index in [0.717, 1.165) is 39.4 Å². The Morgan fingerprint density at radius 2 is 1.56 bits per heavy atom. The van der Waals surface area contributed by atoms with Gasteiger partial charge in [0.25, 0.3) is 10.0 Å². The highest BCUT2D eigenvalue weighted by Gasteiger charge is 2.33. The van der Waals surface area contributed by atoms with E-state index in [9.17, 15) is 18.0 Å². The summed E-state index contributed by atoms with van der Waals surface area (Å²) in [5.41, 5.74) is 4.04. The van der Waals surface area contributed by atoms with Crippen LogP contribution in [0, 0.1) is 20.8 Å². The maximum absolute atomic E-state index is 14.0. The zero-order chi connectivity index (χ0) is 28.6.